The number of piperidine rings is 1. The molecule has 0 aromatic carbocycles. The highest BCUT2D eigenvalue weighted by Crippen LogP contribution is 2.27. The topological polar surface area (TPSA) is 92.2 Å². The van der Waals surface area contributed by atoms with E-state index in [1.807, 2.05) is 0 Å². The fourth-order valence-electron chi connectivity index (χ4n) is 2.62. The number of hydrogen-bond donors (Lipinski definition) is 2. The standard InChI is InChI=1S/C11H16N6O2/c1-16-8(13-7-14-16)6-17-9(18)11(15-10(17)19)2-4-12-5-3-11/h7,12H,2-6H2,1H3,(H,15,19). The number of urea groups is 1. The zero-order valence-corrected chi connectivity index (χ0v) is 10.7. The zero-order chi connectivity index (χ0) is 13.5. The van der Waals surface area contributed by atoms with Gasteiger partial charge in [0, 0.05) is 7.05 Å². The van der Waals surface area contributed by atoms with Gasteiger partial charge in [0.1, 0.15) is 17.7 Å². The molecule has 3 heterocycles. The zero-order valence-electron chi connectivity index (χ0n) is 10.7. The van der Waals surface area contributed by atoms with Crippen LogP contribution in [0.15, 0.2) is 6.33 Å². The van der Waals surface area contributed by atoms with Gasteiger partial charge in [-0.15, -0.1) is 0 Å². The number of carbonyl (C=O) groups excluding carboxylic acids is 2. The average molecular weight is 264 g/mol. The maximum atomic E-state index is 12.5. The summed E-state index contributed by atoms with van der Waals surface area (Å²) in [6.45, 7) is 1.64. The van der Waals surface area contributed by atoms with Gasteiger partial charge in [-0.3, -0.25) is 14.4 Å². The van der Waals surface area contributed by atoms with E-state index in [0.717, 1.165) is 13.1 Å². The van der Waals surface area contributed by atoms with Crippen LogP contribution in [0.1, 0.15) is 18.7 Å². The van der Waals surface area contributed by atoms with Gasteiger partial charge in [-0.2, -0.15) is 5.10 Å². The number of imide groups is 1. The molecule has 0 saturated carbocycles. The van der Waals surface area contributed by atoms with E-state index in [1.54, 1.807) is 11.7 Å². The van der Waals surface area contributed by atoms with Crippen LogP contribution in [0.4, 0.5) is 4.79 Å². The Balaban J connectivity index is 1.81. The Hall–Kier alpha value is -1.96. The monoisotopic (exact) mass is 264 g/mol. The highest BCUT2D eigenvalue weighted by Gasteiger charge is 2.51. The first-order chi connectivity index (χ1) is 9.12. The lowest BCUT2D eigenvalue weighted by Gasteiger charge is -2.31. The maximum absolute atomic E-state index is 12.5. The van der Waals surface area contributed by atoms with Gasteiger partial charge in [0.05, 0.1) is 6.54 Å². The van der Waals surface area contributed by atoms with E-state index in [2.05, 4.69) is 20.7 Å². The van der Waals surface area contributed by atoms with E-state index in [0.29, 0.717) is 18.7 Å². The van der Waals surface area contributed by atoms with Gasteiger partial charge in [-0.05, 0) is 25.9 Å². The van der Waals surface area contributed by atoms with Gasteiger partial charge >= 0.3 is 6.03 Å². The second-order valence-corrected chi connectivity index (χ2v) is 4.95. The molecule has 1 spiro atoms. The predicted molar refractivity (Wildman–Crippen MR) is 64.9 cm³/mol. The lowest BCUT2D eigenvalue weighted by atomic mass is 9.88. The number of carbonyl (C=O) groups is 2. The van der Waals surface area contributed by atoms with Crippen LogP contribution >= 0.6 is 0 Å². The molecule has 0 bridgehead atoms. The van der Waals surface area contributed by atoms with E-state index >= 15 is 0 Å². The molecule has 0 aliphatic carbocycles. The molecule has 2 N–H and O–H groups in total. The number of amides is 3. The maximum Gasteiger partial charge on any atom is 0.325 e. The van der Waals surface area contributed by atoms with Crippen molar-refractivity contribution in [3.05, 3.63) is 12.2 Å². The first-order valence-electron chi connectivity index (χ1n) is 6.30. The third-order valence-electron chi connectivity index (χ3n) is 3.81. The number of nitrogens with one attached hydrogen (secondary N) is 2. The molecule has 8 heteroatoms. The normalized spacial score (nSPS) is 22.1. The second kappa shape index (κ2) is 4.30. The Morgan fingerprint density at radius 3 is 2.74 bits per heavy atom. The molecule has 3 amide bonds. The summed E-state index contributed by atoms with van der Waals surface area (Å²) in [5.74, 6) is 0.441. The van der Waals surface area contributed by atoms with E-state index < -0.39 is 5.54 Å². The van der Waals surface area contributed by atoms with Gasteiger partial charge in [-0.25, -0.2) is 9.78 Å². The van der Waals surface area contributed by atoms with Crippen molar-refractivity contribution >= 4 is 11.9 Å². The van der Waals surface area contributed by atoms with Crippen molar-refractivity contribution in [2.24, 2.45) is 7.05 Å². The van der Waals surface area contributed by atoms with Crippen LogP contribution in [-0.2, 0) is 18.4 Å². The van der Waals surface area contributed by atoms with Crippen LogP contribution in [0.3, 0.4) is 0 Å². The van der Waals surface area contributed by atoms with Crippen molar-refractivity contribution in [3.8, 4) is 0 Å². The predicted octanol–water partition coefficient (Wildman–Crippen LogP) is -1.01. The number of nitrogens with zero attached hydrogens (tertiary/aromatic N) is 4. The number of rotatable bonds is 2. The van der Waals surface area contributed by atoms with E-state index in [4.69, 9.17) is 0 Å². The molecule has 2 aliphatic heterocycles. The molecule has 1 aromatic heterocycles. The van der Waals surface area contributed by atoms with Crippen molar-refractivity contribution in [2.75, 3.05) is 13.1 Å². The van der Waals surface area contributed by atoms with E-state index in [1.165, 1.54) is 11.2 Å². The molecular weight excluding hydrogens is 248 g/mol. The fraction of sp³-hybridized carbons (Fsp3) is 0.636. The average Bonchev–Trinajstić information content (AvgIpc) is 2.89. The first-order valence-corrected chi connectivity index (χ1v) is 6.30. The summed E-state index contributed by atoms with van der Waals surface area (Å²) in [5, 5.41) is 9.97. The number of aryl methyl sites for hydroxylation is 1. The van der Waals surface area contributed by atoms with Gasteiger partial charge in [-0.1, -0.05) is 0 Å². The first kappa shape index (κ1) is 12.1. The quantitative estimate of drug-likeness (QED) is 0.668. The minimum atomic E-state index is -0.721. The Morgan fingerprint density at radius 2 is 2.11 bits per heavy atom. The Morgan fingerprint density at radius 1 is 1.37 bits per heavy atom. The summed E-state index contributed by atoms with van der Waals surface area (Å²) >= 11 is 0. The highest BCUT2D eigenvalue weighted by molar-refractivity contribution is 6.07. The van der Waals surface area contributed by atoms with Crippen LogP contribution < -0.4 is 10.6 Å². The number of aromatic nitrogens is 3. The van der Waals surface area contributed by atoms with Crippen LogP contribution in [0, 0.1) is 0 Å². The molecule has 2 saturated heterocycles. The number of hydrogen-bond acceptors (Lipinski definition) is 5. The molecular formula is C11H16N6O2. The van der Waals surface area contributed by atoms with Crippen molar-refractivity contribution in [1.29, 1.82) is 0 Å². The van der Waals surface area contributed by atoms with Crippen LogP contribution in [0.2, 0.25) is 0 Å². The summed E-state index contributed by atoms with van der Waals surface area (Å²) in [6.07, 6.45) is 2.67. The van der Waals surface area contributed by atoms with Gasteiger partial charge < -0.3 is 10.6 Å². The minimum absolute atomic E-state index is 0.151. The summed E-state index contributed by atoms with van der Waals surface area (Å²) in [4.78, 5) is 29.8. The summed E-state index contributed by atoms with van der Waals surface area (Å²) in [6, 6.07) is -0.338. The minimum Gasteiger partial charge on any atom is -0.323 e. The Labute approximate surface area is 110 Å². The molecule has 8 nitrogen and oxygen atoms in total. The van der Waals surface area contributed by atoms with Crippen LogP contribution in [0.5, 0.6) is 0 Å². The van der Waals surface area contributed by atoms with Crippen molar-refractivity contribution in [2.45, 2.75) is 24.9 Å². The molecule has 1 aromatic rings. The molecule has 19 heavy (non-hydrogen) atoms. The molecule has 2 fully saturated rings. The van der Waals surface area contributed by atoms with Crippen LogP contribution in [-0.4, -0.2) is 50.2 Å². The SMILES string of the molecule is Cn1ncnc1CN1C(=O)NC2(CCNCC2)C1=O. The Kier molecular flexibility index (Phi) is 2.74. The van der Waals surface area contributed by atoms with E-state index in [-0.39, 0.29) is 18.5 Å². The summed E-state index contributed by atoms with van der Waals surface area (Å²) < 4.78 is 1.56. The molecule has 102 valence electrons. The molecule has 2 aliphatic rings. The molecule has 3 rings (SSSR count). The Bertz CT molecular complexity index is 519. The third kappa shape index (κ3) is 1.88. The van der Waals surface area contributed by atoms with Gasteiger partial charge in [0.15, 0.2) is 0 Å². The second-order valence-electron chi connectivity index (χ2n) is 4.95. The summed E-state index contributed by atoms with van der Waals surface area (Å²) in [7, 11) is 1.74. The van der Waals surface area contributed by atoms with Crippen molar-refractivity contribution in [3.63, 3.8) is 0 Å². The smallest absolute Gasteiger partial charge is 0.323 e. The largest absolute Gasteiger partial charge is 0.325 e. The molecule has 0 radical (unpaired) electrons. The summed E-state index contributed by atoms with van der Waals surface area (Å²) in [5.41, 5.74) is -0.721. The van der Waals surface area contributed by atoms with Crippen LogP contribution in [0.25, 0.3) is 0 Å². The third-order valence-corrected chi connectivity index (χ3v) is 3.81. The van der Waals surface area contributed by atoms with E-state index in [9.17, 15) is 9.59 Å². The lowest BCUT2D eigenvalue weighted by molar-refractivity contribution is -0.132. The molecule has 0 atom stereocenters. The molecule has 0 unspecified atom stereocenters. The lowest BCUT2D eigenvalue weighted by Crippen LogP contribution is -2.53. The van der Waals surface area contributed by atoms with Gasteiger partial charge in [0.25, 0.3) is 5.91 Å². The fourth-order valence-corrected chi connectivity index (χ4v) is 2.62. The van der Waals surface area contributed by atoms with Crippen molar-refractivity contribution in [1.82, 2.24) is 30.3 Å². The van der Waals surface area contributed by atoms with Crippen molar-refractivity contribution < 1.29 is 9.59 Å². The highest BCUT2D eigenvalue weighted by atomic mass is 16.2. The van der Waals surface area contributed by atoms with Gasteiger partial charge in [0.2, 0.25) is 0 Å².